The Hall–Kier alpha value is -0.900. The Kier molecular flexibility index (Phi) is 3.82. The summed E-state index contributed by atoms with van der Waals surface area (Å²) in [7, 11) is 4.05. The van der Waals surface area contributed by atoms with Gasteiger partial charge >= 0.3 is 0 Å². The van der Waals surface area contributed by atoms with Gasteiger partial charge in [-0.2, -0.15) is 5.10 Å². The van der Waals surface area contributed by atoms with Gasteiger partial charge in [-0.3, -0.25) is 4.68 Å². The lowest BCUT2D eigenvalue weighted by Gasteiger charge is -2.36. The minimum absolute atomic E-state index is 0.473. The van der Waals surface area contributed by atoms with Crippen LogP contribution in [0, 0.1) is 5.41 Å². The van der Waals surface area contributed by atoms with Crippen LogP contribution >= 0.6 is 0 Å². The summed E-state index contributed by atoms with van der Waals surface area (Å²) < 4.78 is 1.89. The first kappa shape index (κ1) is 12.6. The molecule has 1 unspecified atom stereocenters. The number of hydrogen-bond acceptors (Lipinski definition) is 3. The molecule has 1 aromatic rings. The summed E-state index contributed by atoms with van der Waals surface area (Å²) >= 11 is 0. The molecule has 1 aliphatic rings. The molecule has 0 aliphatic heterocycles. The van der Waals surface area contributed by atoms with E-state index < -0.39 is 0 Å². The molecule has 4 heteroatoms. The number of nitrogens with one attached hydrogen (secondary N) is 1. The van der Waals surface area contributed by atoms with Crippen LogP contribution in [0.25, 0.3) is 0 Å². The van der Waals surface area contributed by atoms with Crippen molar-refractivity contribution in [3.05, 3.63) is 12.2 Å². The topological polar surface area (TPSA) is 42.7 Å². The predicted molar refractivity (Wildman–Crippen MR) is 68.7 cm³/mol. The van der Waals surface area contributed by atoms with Crippen LogP contribution in [-0.4, -0.2) is 27.9 Å². The summed E-state index contributed by atoms with van der Waals surface area (Å²) in [4.78, 5) is 4.35. The standard InChI is InChI=1S/C13H24N4/c1-4-13(7-5-6-8-13)11(14-2)9-12-15-10-16-17(12)3/h10-11,14H,4-9H2,1-3H3. The number of likely N-dealkylation sites (N-methyl/N-ethyl adjacent to an activating group) is 1. The molecule has 17 heavy (non-hydrogen) atoms. The zero-order chi connectivity index (χ0) is 12.3. The van der Waals surface area contributed by atoms with Crippen LogP contribution < -0.4 is 5.32 Å². The second-order valence-corrected chi connectivity index (χ2v) is 5.27. The normalized spacial score (nSPS) is 20.6. The molecule has 1 aliphatic carbocycles. The number of nitrogens with zero attached hydrogens (tertiary/aromatic N) is 3. The van der Waals surface area contributed by atoms with Crippen LogP contribution in [0.4, 0.5) is 0 Å². The number of rotatable bonds is 5. The van der Waals surface area contributed by atoms with Gasteiger partial charge in [-0.25, -0.2) is 4.98 Å². The average molecular weight is 236 g/mol. The first-order chi connectivity index (χ1) is 8.22. The van der Waals surface area contributed by atoms with Gasteiger partial charge in [-0.1, -0.05) is 19.8 Å². The molecule has 1 aromatic heterocycles. The lowest BCUT2D eigenvalue weighted by molar-refractivity contribution is 0.189. The van der Waals surface area contributed by atoms with E-state index in [9.17, 15) is 0 Å². The summed E-state index contributed by atoms with van der Waals surface area (Å²) in [6, 6.07) is 0.526. The van der Waals surface area contributed by atoms with Crippen molar-refractivity contribution in [3.8, 4) is 0 Å². The molecular formula is C13H24N4. The molecule has 96 valence electrons. The fourth-order valence-corrected chi connectivity index (χ4v) is 3.34. The molecule has 0 radical (unpaired) electrons. The van der Waals surface area contributed by atoms with Crippen molar-refractivity contribution in [2.24, 2.45) is 12.5 Å². The van der Waals surface area contributed by atoms with Crippen LogP contribution in [0.2, 0.25) is 0 Å². The van der Waals surface area contributed by atoms with Gasteiger partial charge in [0.2, 0.25) is 0 Å². The summed E-state index contributed by atoms with van der Waals surface area (Å²) in [6.45, 7) is 2.33. The fraction of sp³-hybridized carbons (Fsp3) is 0.846. The van der Waals surface area contributed by atoms with E-state index in [0.717, 1.165) is 12.2 Å². The number of aromatic nitrogens is 3. The summed E-state index contributed by atoms with van der Waals surface area (Å²) in [5.74, 6) is 1.09. The number of aryl methyl sites for hydroxylation is 1. The van der Waals surface area contributed by atoms with Crippen molar-refractivity contribution in [3.63, 3.8) is 0 Å². The van der Waals surface area contributed by atoms with Gasteiger partial charge in [0.05, 0.1) is 0 Å². The van der Waals surface area contributed by atoms with E-state index in [1.807, 2.05) is 11.7 Å². The number of hydrogen-bond donors (Lipinski definition) is 1. The zero-order valence-electron chi connectivity index (χ0n) is 11.2. The van der Waals surface area contributed by atoms with Gasteiger partial charge in [0.15, 0.2) is 0 Å². The van der Waals surface area contributed by atoms with Crippen molar-refractivity contribution in [2.75, 3.05) is 7.05 Å². The molecule has 1 heterocycles. The quantitative estimate of drug-likeness (QED) is 0.849. The molecular weight excluding hydrogens is 212 g/mol. The molecule has 1 saturated carbocycles. The van der Waals surface area contributed by atoms with Crippen molar-refractivity contribution in [2.45, 2.75) is 51.5 Å². The highest BCUT2D eigenvalue weighted by Gasteiger charge is 2.39. The summed E-state index contributed by atoms with van der Waals surface area (Å²) in [5.41, 5.74) is 0.473. The maximum absolute atomic E-state index is 4.35. The minimum Gasteiger partial charge on any atom is -0.316 e. The van der Waals surface area contributed by atoms with E-state index in [0.29, 0.717) is 11.5 Å². The van der Waals surface area contributed by atoms with Crippen LogP contribution in [0.15, 0.2) is 6.33 Å². The molecule has 0 saturated heterocycles. The summed E-state index contributed by atoms with van der Waals surface area (Å²) in [5, 5.41) is 7.68. The second kappa shape index (κ2) is 5.17. The molecule has 0 bridgehead atoms. The van der Waals surface area contributed by atoms with E-state index in [4.69, 9.17) is 0 Å². The molecule has 1 atom stereocenters. The second-order valence-electron chi connectivity index (χ2n) is 5.27. The third kappa shape index (κ3) is 2.37. The van der Waals surface area contributed by atoms with Crippen LogP contribution in [0.3, 0.4) is 0 Å². The van der Waals surface area contributed by atoms with Gasteiger partial charge in [0, 0.05) is 19.5 Å². The van der Waals surface area contributed by atoms with Gasteiger partial charge in [-0.05, 0) is 31.7 Å². The molecule has 0 amide bonds. The summed E-state index contributed by atoms with van der Waals surface area (Å²) in [6.07, 6.45) is 9.36. The third-order valence-electron chi connectivity index (χ3n) is 4.58. The fourth-order valence-electron chi connectivity index (χ4n) is 3.34. The Bertz CT molecular complexity index is 352. The predicted octanol–water partition coefficient (Wildman–Crippen LogP) is 1.92. The minimum atomic E-state index is 0.473. The Labute approximate surface area is 104 Å². The zero-order valence-corrected chi connectivity index (χ0v) is 11.2. The Morgan fingerprint density at radius 2 is 2.18 bits per heavy atom. The Balaban J connectivity index is 2.13. The van der Waals surface area contributed by atoms with Gasteiger partial charge in [-0.15, -0.1) is 0 Å². The van der Waals surface area contributed by atoms with E-state index in [1.54, 1.807) is 6.33 Å². The molecule has 0 spiro atoms. The highest BCUT2D eigenvalue weighted by molar-refractivity contribution is 4.99. The third-order valence-corrected chi connectivity index (χ3v) is 4.58. The smallest absolute Gasteiger partial charge is 0.138 e. The van der Waals surface area contributed by atoms with Gasteiger partial charge in [0.1, 0.15) is 12.2 Å². The van der Waals surface area contributed by atoms with Crippen LogP contribution in [0.1, 0.15) is 44.9 Å². The Morgan fingerprint density at radius 3 is 2.65 bits per heavy atom. The average Bonchev–Trinajstić information content (AvgIpc) is 2.96. The lowest BCUT2D eigenvalue weighted by atomic mass is 9.75. The van der Waals surface area contributed by atoms with Gasteiger partial charge < -0.3 is 5.32 Å². The molecule has 1 N–H and O–H groups in total. The van der Waals surface area contributed by atoms with E-state index in [-0.39, 0.29) is 0 Å². The highest BCUT2D eigenvalue weighted by atomic mass is 15.3. The first-order valence-corrected chi connectivity index (χ1v) is 6.72. The van der Waals surface area contributed by atoms with Crippen LogP contribution in [0.5, 0.6) is 0 Å². The molecule has 0 aromatic carbocycles. The van der Waals surface area contributed by atoms with Crippen molar-refractivity contribution in [1.82, 2.24) is 20.1 Å². The van der Waals surface area contributed by atoms with E-state index in [2.05, 4.69) is 29.4 Å². The van der Waals surface area contributed by atoms with E-state index in [1.165, 1.54) is 32.1 Å². The molecule has 4 nitrogen and oxygen atoms in total. The van der Waals surface area contributed by atoms with Crippen molar-refractivity contribution in [1.29, 1.82) is 0 Å². The van der Waals surface area contributed by atoms with Crippen molar-refractivity contribution < 1.29 is 0 Å². The van der Waals surface area contributed by atoms with Crippen LogP contribution in [-0.2, 0) is 13.5 Å². The maximum atomic E-state index is 4.35. The van der Waals surface area contributed by atoms with E-state index >= 15 is 0 Å². The van der Waals surface area contributed by atoms with Gasteiger partial charge in [0.25, 0.3) is 0 Å². The molecule has 2 rings (SSSR count). The highest BCUT2D eigenvalue weighted by Crippen LogP contribution is 2.44. The lowest BCUT2D eigenvalue weighted by Crippen LogP contribution is -2.44. The first-order valence-electron chi connectivity index (χ1n) is 6.72. The van der Waals surface area contributed by atoms with Crippen molar-refractivity contribution >= 4 is 0 Å². The Morgan fingerprint density at radius 1 is 1.47 bits per heavy atom. The largest absolute Gasteiger partial charge is 0.316 e. The maximum Gasteiger partial charge on any atom is 0.138 e. The SMILES string of the molecule is CCC1(C(Cc2ncnn2C)NC)CCCC1. The monoisotopic (exact) mass is 236 g/mol. The molecule has 1 fully saturated rings.